The van der Waals surface area contributed by atoms with Gasteiger partial charge in [0.05, 0.1) is 17.4 Å². The Bertz CT molecular complexity index is 327. The van der Waals surface area contributed by atoms with E-state index in [0.717, 1.165) is 38.5 Å². The van der Waals surface area contributed by atoms with Crippen LogP contribution in [0.5, 0.6) is 0 Å². The molecule has 0 atom stereocenters. The van der Waals surface area contributed by atoms with E-state index in [1.165, 1.54) is 25.7 Å². The maximum absolute atomic E-state index is 13.2. The largest absolute Gasteiger partial charge is 0.331 e. The molecule has 0 N–H and O–H groups in total. The predicted octanol–water partition coefficient (Wildman–Crippen LogP) is 5.68. The van der Waals surface area contributed by atoms with Crippen LogP contribution in [0, 0.1) is 0 Å². The van der Waals surface area contributed by atoms with E-state index < -0.39 is 7.60 Å². The monoisotopic (exact) mass is 302 g/mol. The first-order valence-electron chi connectivity index (χ1n) is 8.39. The summed E-state index contributed by atoms with van der Waals surface area (Å²) in [6.07, 6.45) is 11.3. The Morgan fingerprint density at radius 2 is 1.30 bits per heavy atom. The smallest absolute Gasteiger partial charge is 0.302 e. The second-order valence-electron chi connectivity index (χ2n) is 7.18. The van der Waals surface area contributed by atoms with Gasteiger partial charge in [-0.15, -0.1) is 0 Å². The van der Waals surface area contributed by atoms with Gasteiger partial charge in [-0.2, -0.15) is 0 Å². The van der Waals surface area contributed by atoms with Crippen LogP contribution < -0.4 is 0 Å². The molecule has 0 spiro atoms. The summed E-state index contributed by atoms with van der Waals surface area (Å²) in [6.45, 7) is 6.34. The zero-order valence-corrected chi connectivity index (χ0v) is 14.3. The molecule has 2 aliphatic rings. The molecule has 0 aromatic carbocycles. The molecule has 2 fully saturated rings. The van der Waals surface area contributed by atoms with Crippen molar-refractivity contribution in [2.75, 3.05) is 6.16 Å². The lowest BCUT2D eigenvalue weighted by atomic mass is 10.1. The molecule has 4 heteroatoms. The Labute approximate surface area is 124 Å². The highest BCUT2D eigenvalue weighted by molar-refractivity contribution is 7.53. The van der Waals surface area contributed by atoms with E-state index in [1.807, 2.05) is 0 Å². The maximum Gasteiger partial charge on any atom is 0.331 e. The number of unbranched alkanes of at least 4 members (excludes halogenated alkanes) is 1. The van der Waals surface area contributed by atoms with E-state index in [-0.39, 0.29) is 11.2 Å². The maximum atomic E-state index is 13.2. The molecular weight excluding hydrogens is 271 g/mol. The van der Waals surface area contributed by atoms with E-state index in [0.29, 0.717) is 6.16 Å². The summed E-state index contributed by atoms with van der Waals surface area (Å²) in [4.78, 5) is 0. The van der Waals surface area contributed by atoms with Gasteiger partial charge in [0.15, 0.2) is 0 Å². The Morgan fingerprint density at radius 1 is 0.900 bits per heavy atom. The van der Waals surface area contributed by atoms with Crippen molar-refractivity contribution in [3.8, 4) is 0 Å². The van der Waals surface area contributed by atoms with Crippen LogP contribution in [-0.4, -0.2) is 17.4 Å². The fourth-order valence-corrected chi connectivity index (χ4v) is 6.19. The Balaban J connectivity index is 2.05. The topological polar surface area (TPSA) is 35.5 Å². The first-order chi connectivity index (χ1) is 9.39. The van der Waals surface area contributed by atoms with Crippen LogP contribution in [0.15, 0.2) is 0 Å². The van der Waals surface area contributed by atoms with Gasteiger partial charge in [-0.1, -0.05) is 39.0 Å². The van der Waals surface area contributed by atoms with Gasteiger partial charge in [-0.25, -0.2) is 0 Å². The first-order valence-corrected chi connectivity index (χ1v) is 10.1. The van der Waals surface area contributed by atoms with Crippen molar-refractivity contribution in [1.29, 1.82) is 0 Å². The summed E-state index contributed by atoms with van der Waals surface area (Å²) in [7, 11) is -2.97. The van der Waals surface area contributed by atoms with Gasteiger partial charge in [0.25, 0.3) is 0 Å². The second-order valence-corrected chi connectivity index (χ2v) is 9.22. The lowest BCUT2D eigenvalue weighted by Gasteiger charge is -2.35. The normalized spacial score (nSPS) is 25.1. The van der Waals surface area contributed by atoms with E-state index in [9.17, 15) is 4.57 Å². The highest BCUT2D eigenvalue weighted by Crippen LogP contribution is 2.59. The van der Waals surface area contributed by atoms with Gasteiger partial charge in [-0.3, -0.25) is 4.57 Å². The van der Waals surface area contributed by atoms with Gasteiger partial charge < -0.3 is 9.05 Å². The van der Waals surface area contributed by atoms with Crippen molar-refractivity contribution in [3.63, 3.8) is 0 Å². The number of rotatable bonds is 7. The molecule has 0 aromatic rings. The standard InChI is InChI=1S/C16H31O3P/c1-4-5-14-20(17,18-15(2)10-6-7-11-15)19-16(3)12-8-9-13-16/h4-14H2,1-3H3. The van der Waals surface area contributed by atoms with E-state index in [2.05, 4.69) is 20.8 Å². The molecule has 0 saturated heterocycles. The molecule has 0 unspecified atom stereocenters. The zero-order chi connectivity index (χ0) is 14.7. The molecular formula is C16H31O3P. The van der Waals surface area contributed by atoms with Crippen LogP contribution in [0.1, 0.15) is 85.0 Å². The predicted molar refractivity (Wildman–Crippen MR) is 83.3 cm³/mol. The van der Waals surface area contributed by atoms with Gasteiger partial charge >= 0.3 is 7.60 Å². The molecule has 2 rings (SSSR count). The average molecular weight is 302 g/mol. The zero-order valence-electron chi connectivity index (χ0n) is 13.5. The molecule has 118 valence electrons. The third kappa shape index (κ3) is 4.32. The average Bonchev–Trinajstić information content (AvgIpc) is 2.96. The quantitative estimate of drug-likeness (QED) is 0.568. The van der Waals surface area contributed by atoms with Crippen molar-refractivity contribution >= 4 is 7.60 Å². The summed E-state index contributed by atoms with van der Waals surface area (Å²) >= 11 is 0. The van der Waals surface area contributed by atoms with Crippen LogP contribution in [0.4, 0.5) is 0 Å². The molecule has 0 heterocycles. The minimum atomic E-state index is -2.97. The van der Waals surface area contributed by atoms with Crippen LogP contribution in [-0.2, 0) is 13.6 Å². The van der Waals surface area contributed by atoms with Gasteiger partial charge in [0.2, 0.25) is 0 Å². The Kier molecular flexibility index (Phi) is 5.37. The minimum Gasteiger partial charge on any atom is -0.302 e. The molecule has 3 nitrogen and oxygen atoms in total. The van der Waals surface area contributed by atoms with E-state index >= 15 is 0 Å². The highest BCUT2D eigenvalue weighted by atomic mass is 31.2. The minimum absolute atomic E-state index is 0.224. The fourth-order valence-electron chi connectivity index (χ4n) is 3.56. The summed E-state index contributed by atoms with van der Waals surface area (Å²) in [6, 6.07) is 0. The van der Waals surface area contributed by atoms with E-state index in [4.69, 9.17) is 9.05 Å². The number of hydrogen-bond donors (Lipinski definition) is 0. The van der Waals surface area contributed by atoms with Gasteiger partial charge in [0, 0.05) is 0 Å². The lowest BCUT2D eigenvalue weighted by molar-refractivity contribution is 0.0215. The van der Waals surface area contributed by atoms with Crippen molar-refractivity contribution in [1.82, 2.24) is 0 Å². The fraction of sp³-hybridized carbons (Fsp3) is 1.00. The van der Waals surface area contributed by atoms with Gasteiger partial charge in [-0.05, 0) is 46.0 Å². The summed E-state index contributed by atoms with van der Waals surface area (Å²) in [5.74, 6) is 0. The summed E-state index contributed by atoms with van der Waals surface area (Å²) < 4.78 is 25.5. The molecule has 0 aromatic heterocycles. The molecule has 2 saturated carbocycles. The molecule has 20 heavy (non-hydrogen) atoms. The second kappa shape index (κ2) is 6.50. The lowest BCUT2D eigenvalue weighted by Crippen LogP contribution is -2.29. The molecule has 2 aliphatic carbocycles. The molecule has 0 amide bonds. The third-order valence-electron chi connectivity index (χ3n) is 4.83. The molecule has 0 bridgehead atoms. The van der Waals surface area contributed by atoms with Crippen LogP contribution in [0.25, 0.3) is 0 Å². The van der Waals surface area contributed by atoms with Crippen molar-refractivity contribution in [3.05, 3.63) is 0 Å². The van der Waals surface area contributed by atoms with Crippen LogP contribution in [0.2, 0.25) is 0 Å². The SMILES string of the molecule is CCCCP(=O)(OC1(C)CCCC1)OC1(C)CCCC1. The summed E-state index contributed by atoms with van der Waals surface area (Å²) in [5.41, 5.74) is -0.448. The van der Waals surface area contributed by atoms with Crippen LogP contribution >= 0.6 is 7.60 Å². The Morgan fingerprint density at radius 3 is 1.65 bits per heavy atom. The number of hydrogen-bond acceptors (Lipinski definition) is 3. The first kappa shape index (κ1) is 16.5. The van der Waals surface area contributed by atoms with Crippen molar-refractivity contribution in [2.45, 2.75) is 96.2 Å². The third-order valence-corrected chi connectivity index (χ3v) is 7.13. The molecule has 0 radical (unpaired) electrons. The van der Waals surface area contributed by atoms with Crippen LogP contribution in [0.3, 0.4) is 0 Å². The Hall–Kier alpha value is 0.150. The van der Waals surface area contributed by atoms with Crippen molar-refractivity contribution < 1.29 is 13.6 Å². The summed E-state index contributed by atoms with van der Waals surface area (Å²) in [5, 5.41) is 0. The van der Waals surface area contributed by atoms with Crippen molar-refractivity contribution in [2.24, 2.45) is 0 Å². The highest BCUT2D eigenvalue weighted by Gasteiger charge is 2.43. The van der Waals surface area contributed by atoms with Gasteiger partial charge in [0.1, 0.15) is 0 Å². The molecule has 0 aliphatic heterocycles. The van der Waals surface area contributed by atoms with E-state index in [1.54, 1.807) is 0 Å².